The van der Waals surface area contributed by atoms with E-state index in [9.17, 15) is 24.6 Å². The van der Waals surface area contributed by atoms with E-state index in [0.717, 1.165) is 0 Å². The maximum absolute atomic E-state index is 12.4. The van der Waals surface area contributed by atoms with Gasteiger partial charge in [0.05, 0.1) is 12.1 Å². The van der Waals surface area contributed by atoms with E-state index >= 15 is 0 Å². The van der Waals surface area contributed by atoms with Gasteiger partial charge in [-0.25, -0.2) is 14.8 Å². The Balaban J connectivity index is 1.41. The number of aromatic hydroxyl groups is 1. The van der Waals surface area contributed by atoms with Crippen LogP contribution in [0.3, 0.4) is 0 Å². The van der Waals surface area contributed by atoms with Gasteiger partial charge in [0.1, 0.15) is 33.6 Å². The number of thiazole rings is 1. The summed E-state index contributed by atoms with van der Waals surface area (Å²) in [5.41, 5.74) is 1.47. The molecule has 29 heavy (non-hydrogen) atoms. The maximum atomic E-state index is 12.4. The first-order valence-corrected chi connectivity index (χ1v) is 10.6. The summed E-state index contributed by atoms with van der Waals surface area (Å²) in [6, 6.07) is 2.36. The van der Waals surface area contributed by atoms with Crippen molar-refractivity contribution in [2.75, 3.05) is 5.75 Å². The number of fused-ring (bicyclic) bond motifs is 1. The van der Waals surface area contributed by atoms with Crippen LogP contribution in [0, 0.1) is 0 Å². The minimum atomic E-state index is -1.14. The fourth-order valence-corrected chi connectivity index (χ4v) is 5.34. The van der Waals surface area contributed by atoms with Gasteiger partial charge < -0.3 is 15.5 Å². The highest BCUT2D eigenvalue weighted by molar-refractivity contribution is 8.00. The Bertz CT molecular complexity index is 1050. The lowest BCUT2D eigenvalue weighted by atomic mass is 10.0. The van der Waals surface area contributed by atoms with Gasteiger partial charge >= 0.3 is 5.97 Å². The molecule has 2 atom stereocenters. The average molecular weight is 432 g/mol. The van der Waals surface area contributed by atoms with Crippen molar-refractivity contribution in [2.24, 2.45) is 0 Å². The summed E-state index contributed by atoms with van der Waals surface area (Å²) >= 11 is 2.68. The van der Waals surface area contributed by atoms with Crippen molar-refractivity contribution >= 4 is 40.9 Å². The molecule has 150 valence electrons. The van der Waals surface area contributed by atoms with Crippen LogP contribution >= 0.6 is 23.1 Å². The summed E-state index contributed by atoms with van der Waals surface area (Å²) in [7, 11) is 0. The van der Waals surface area contributed by atoms with Gasteiger partial charge in [0.15, 0.2) is 0 Å². The number of thioether (sulfide) groups is 1. The number of aliphatic carboxylic acids is 1. The number of nitrogens with zero attached hydrogens (tertiary/aromatic N) is 3. The van der Waals surface area contributed by atoms with Crippen molar-refractivity contribution < 1.29 is 24.6 Å². The third-order valence-corrected chi connectivity index (χ3v) is 6.88. The molecule has 2 aliphatic heterocycles. The number of carboxylic acid groups (broad SMARTS) is 1. The second kappa shape index (κ2) is 7.48. The average Bonchev–Trinajstić information content (AvgIpc) is 3.14. The predicted molar refractivity (Wildman–Crippen MR) is 106 cm³/mol. The van der Waals surface area contributed by atoms with Crippen LogP contribution in [0.1, 0.15) is 12.6 Å². The molecule has 2 unspecified atom stereocenters. The Kier molecular flexibility index (Phi) is 5.01. The fraction of sp³-hybridized carbons (Fsp3) is 0.278. The molecule has 0 radical (unpaired) electrons. The van der Waals surface area contributed by atoms with Crippen molar-refractivity contribution in [3.8, 4) is 16.5 Å². The zero-order chi connectivity index (χ0) is 20.7. The third-order valence-electron chi connectivity index (χ3n) is 4.56. The molecule has 2 aliphatic rings. The van der Waals surface area contributed by atoms with E-state index in [1.165, 1.54) is 34.1 Å². The quantitative estimate of drug-likeness (QED) is 0.601. The molecule has 4 rings (SSSR count). The molecular weight excluding hydrogens is 416 g/mol. The number of hydrogen-bond donors (Lipinski definition) is 3. The zero-order valence-electron chi connectivity index (χ0n) is 15.2. The van der Waals surface area contributed by atoms with Crippen LogP contribution in [0.5, 0.6) is 5.75 Å². The zero-order valence-corrected chi connectivity index (χ0v) is 16.8. The SMILES string of the molecule is CC1=C(C(=O)O)N2C(=O)C(NC(=O)Cc3csc(-c4ncccc4O)n3)C2SC1. The number of amides is 2. The van der Waals surface area contributed by atoms with Crippen LogP contribution in [0.25, 0.3) is 10.7 Å². The lowest BCUT2D eigenvalue weighted by Crippen LogP contribution is -2.70. The molecule has 1 fully saturated rings. The Labute approximate surface area is 173 Å². The number of hydrogen-bond acceptors (Lipinski definition) is 8. The van der Waals surface area contributed by atoms with Gasteiger partial charge in [-0.15, -0.1) is 23.1 Å². The molecule has 2 amide bonds. The molecule has 0 aliphatic carbocycles. The summed E-state index contributed by atoms with van der Waals surface area (Å²) in [5, 5.41) is 23.7. The predicted octanol–water partition coefficient (Wildman–Crippen LogP) is 1.21. The summed E-state index contributed by atoms with van der Waals surface area (Å²) in [4.78, 5) is 45.9. The minimum absolute atomic E-state index is 0.00330. The molecule has 0 aromatic carbocycles. The van der Waals surface area contributed by atoms with E-state index in [0.29, 0.717) is 27.7 Å². The number of rotatable bonds is 5. The van der Waals surface area contributed by atoms with Gasteiger partial charge in [-0.1, -0.05) is 0 Å². The van der Waals surface area contributed by atoms with Crippen molar-refractivity contribution in [1.82, 2.24) is 20.2 Å². The minimum Gasteiger partial charge on any atom is -0.506 e. The Morgan fingerprint density at radius 1 is 1.41 bits per heavy atom. The van der Waals surface area contributed by atoms with Crippen molar-refractivity contribution in [3.05, 3.63) is 40.7 Å². The Morgan fingerprint density at radius 2 is 2.21 bits per heavy atom. The van der Waals surface area contributed by atoms with Crippen molar-refractivity contribution in [2.45, 2.75) is 24.8 Å². The molecule has 1 saturated heterocycles. The number of carboxylic acids is 1. The van der Waals surface area contributed by atoms with Crippen LogP contribution in [0.15, 0.2) is 35.0 Å². The van der Waals surface area contributed by atoms with Gasteiger partial charge in [0.2, 0.25) is 5.91 Å². The van der Waals surface area contributed by atoms with Crippen LogP contribution in [0.4, 0.5) is 0 Å². The van der Waals surface area contributed by atoms with Crippen molar-refractivity contribution in [1.29, 1.82) is 0 Å². The first kappa shape index (κ1) is 19.4. The molecule has 2 aromatic heterocycles. The van der Waals surface area contributed by atoms with Gasteiger partial charge in [0.25, 0.3) is 5.91 Å². The van der Waals surface area contributed by atoms with Gasteiger partial charge in [-0.3, -0.25) is 14.5 Å². The molecular formula is C18H16N4O5S2. The number of carbonyl (C=O) groups is 3. The number of carbonyl (C=O) groups excluding carboxylic acids is 2. The Hall–Kier alpha value is -2.92. The molecule has 0 bridgehead atoms. The van der Waals surface area contributed by atoms with E-state index in [1.807, 2.05) is 0 Å². The van der Waals surface area contributed by atoms with Crippen LogP contribution in [-0.2, 0) is 20.8 Å². The first-order chi connectivity index (χ1) is 13.9. The molecule has 4 heterocycles. The van der Waals surface area contributed by atoms with Gasteiger partial charge in [-0.2, -0.15) is 0 Å². The Morgan fingerprint density at radius 3 is 2.93 bits per heavy atom. The van der Waals surface area contributed by atoms with Crippen LogP contribution < -0.4 is 5.32 Å². The fourth-order valence-electron chi connectivity index (χ4n) is 3.22. The number of nitrogens with one attached hydrogen (secondary N) is 1. The standard InChI is InChI=1S/C18H16N4O5S2/c1-8-6-29-17-13(16(25)22(17)14(8)18(26)27)21-11(24)5-9-7-28-15(20-9)12-10(23)3-2-4-19-12/h2-4,7,13,17,23H,5-6H2,1H3,(H,21,24)(H,26,27). The summed E-state index contributed by atoms with van der Waals surface area (Å²) in [6.07, 6.45) is 1.51. The largest absolute Gasteiger partial charge is 0.506 e. The monoisotopic (exact) mass is 432 g/mol. The highest BCUT2D eigenvalue weighted by Gasteiger charge is 2.53. The molecule has 9 nitrogen and oxygen atoms in total. The van der Waals surface area contributed by atoms with Crippen LogP contribution in [-0.4, -0.2) is 60.0 Å². The summed E-state index contributed by atoms with van der Waals surface area (Å²) < 4.78 is 0. The first-order valence-electron chi connectivity index (χ1n) is 8.62. The smallest absolute Gasteiger partial charge is 0.352 e. The summed E-state index contributed by atoms with van der Waals surface area (Å²) in [6.45, 7) is 1.69. The van der Waals surface area contributed by atoms with Crippen LogP contribution in [0.2, 0.25) is 0 Å². The summed E-state index contributed by atoms with van der Waals surface area (Å²) in [5.74, 6) is -1.45. The van der Waals surface area contributed by atoms with Crippen molar-refractivity contribution in [3.63, 3.8) is 0 Å². The second-order valence-electron chi connectivity index (χ2n) is 6.58. The molecule has 2 aromatic rings. The highest BCUT2D eigenvalue weighted by Crippen LogP contribution is 2.40. The highest BCUT2D eigenvalue weighted by atomic mass is 32.2. The van der Waals surface area contributed by atoms with E-state index < -0.39 is 23.3 Å². The van der Waals surface area contributed by atoms with E-state index in [1.54, 1.807) is 24.6 Å². The van der Waals surface area contributed by atoms with E-state index in [-0.39, 0.29) is 23.8 Å². The number of aromatic nitrogens is 2. The third kappa shape index (κ3) is 3.47. The lowest BCUT2D eigenvalue weighted by molar-refractivity contribution is -0.150. The molecule has 3 N–H and O–H groups in total. The molecule has 0 saturated carbocycles. The topological polar surface area (TPSA) is 133 Å². The molecule has 0 spiro atoms. The number of pyridine rings is 1. The lowest BCUT2D eigenvalue weighted by Gasteiger charge is -2.49. The van der Waals surface area contributed by atoms with E-state index in [2.05, 4.69) is 15.3 Å². The van der Waals surface area contributed by atoms with Gasteiger partial charge in [-0.05, 0) is 24.6 Å². The maximum Gasteiger partial charge on any atom is 0.352 e. The normalized spacial score (nSPS) is 20.9. The second-order valence-corrected chi connectivity index (χ2v) is 8.54. The number of β-lactam (4-membered cyclic amide) rings is 1. The van der Waals surface area contributed by atoms with Gasteiger partial charge in [0, 0.05) is 17.3 Å². The van der Waals surface area contributed by atoms with E-state index in [4.69, 9.17) is 0 Å². The molecule has 11 heteroatoms.